The van der Waals surface area contributed by atoms with E-state index in [0.29, 0.717) is 6.04 Å². The summed E-state index contributed by atoms with van der Waals surface area (Å²) in [6.45, 7) is 4.83. The fourth-order valence-electron chi connectivity index (χ4n) is 3.08. The molecule has 1 aliphatic heterocycles. The number of hydrogen-bond acceptors (Lipinski definition) is 3. The highest BCUT2D eigenvalue weighted by molar-refractivity contribution is 5.94. The molecule has 0 saturated carbocycles. The number of nitrogens with zero attached hydrogens (tertiary/aromatic N) is 1. The van der Waals surface area contributed by atoms with Crippen LogP contribution in [0.15, 0.2) is 42.5 Å². The van der Waals surface area contributed by atoms with E-state index in [9.17, 15) is 5.11 Å². The van der Waals surface area contributed by atoms with Crippen molar-refractivity contribution in [2.75, 3.05) is 24.5 Å². The molecule has 3 rings (SSSR count). The monoisotopic (exact) mass is 270 g/mol. The van der Waals surface area contributed by atoms with Crippen LogP contribution in [0.2, 0.25) is 0 Å². The molecule has 3 heteroatoms. The van der Waals surface area contributed by atoms with Gasteiger partial charge < -0.3 is 15.3 Å². The van der Waals surface area contributed by atoms with Crippen molar-refractivity contribution in [1.82, 2.24) is 5.32 Å². The summed E-state index contributed by atoms with van der Waals surface area (Å²) >= 11 is 0. The van der Waals surface area contributed by atoms with Gasteiger partial charge in [0.1, 0.15) is 0 Å². The lowest BCUT2D eigenvalue weighted by molar-refractivity contribution is 0.193. The molecule has 2 unspecified atom stereocenters. The number of β-amino-alcohol motifs (C(OH)–C–C–N with tert-alkyl or cyclic N) is 1. The van der Waals surface area contributed by atoms with E-state index < -0.39 is 0 Å². The van der Waals surface area contributed by atoms with E-state index >= 15 is 0 Å². The lowest BCUT2D eigenvalue weighted by atomic mass is 10.1. The van der Waals surface area contributed by atoms with Crippen LogP contribution < -0.4 is 10.2 Å². The van der Waals surface area contributed by atoms with Crippen LogP contribution >= 0.6 is 0 Å². The Hall–Kier alpha value is -1.58. The van der Waals surface area contributed by atoms with Gasteiger partial charge in [-0.25, -0.2) is 0 Å². The van der Waals surface area contributed by atoms with Gasteiger partial charge >= 0.3 is 0 Å². The lowest BCUT2D eigenvalue weighted by Gasteiger charge is -2.27. The number of likely N-dealkylation sites (N-methyl/N-ethyl adjacent to an activating group) is 1. The fraction of sp³-hybridized carbons (Fsp3) is 0.412. The molecule has 0 spiro atoms. The first-order valence-electron chi connectivity index (χ1n) is 7.42. The zero-order valence-electron chi connectivity index (χ0n) is 11.9. The Balaban J connectivity index is 1.87. The Morgan fingerprint density at radius 2 is 2.00 bits per heavy atom. The van der Waals surface area contributed by atoms with Crippen LogP contribution in [0.1, 0.15) is 13.3 Å². The van der Waals surface area contributed by atoms with Crippen molar-refractivity contribution in [3.05, 3.63) is 42.5 Å². The normalized spacial score (nSPS) is 22.3. The molecule has 0 bridgehead atoms. The number of anilines is 1. The predicted molar refractivity (Wildman–Crippen MR) is 84.2 cm³/mol. The highest BCUT2D eigenvalue weighted by atomic mass is 16.3. The molecule has 1 aliphatic rings. The van der Waals surface area contributed by atoms with E-state index in [1.165, 1.54) is 16.5 Å². The van der Waals surface area contributed by atoms with Gasteiger partial charge in [-0.2, -0.15) is 0 Å². The first-order valence-corrected chi connectivity index (χ1v) is 7.42. The number of hydrogen-bond donors (Lipinski definition) is 2. The van der Waals surface area contributed by atoms with E-state index in [1.54, 1.807) is 0 Å². The highest BCUT2D eigenvalue weighted by Gasteiger charge is 2.24. The standard InChI is InChI=1S/C17H22N2O/c1-2-19(12-14-10-15(20)11-18-14)17-9-5-7-13-6-3-4-8-16(13)17/h3-9,14-15,18,20H,2,10-12H2,1H3. The average molecular weight is 270 g/mol. The van der Waals surface area contributed by atoms with Crippen molar-refractivity contribution in [3.63, 3.8) is 0 Å². The predicted octanol–water partition coefficient (Wildman–Crippen LogP) is 2.39. The maximum Gasteiger partial charge on any atom is 0.0680 e. The van der Waals surface area contributed by atoms with Crippen LogP contribution in [-0.4, -0.2) is 36.9 Å². The van der Waals surface area contributed by atoms with Gasteiger partial charge in [0.2, 0.25) is 0 Å². The smallest absolute Gasteiger partial charge is 0.0680 e. The zero-order chi connectivity index (χ0) is 13.9. The Morgan fingerprint density at radius 1 is 1.20 bits per heavy atom. The fourth-order valence-corrected chi connectivity index (χ4v) is 3.08. The van der Waals surface area contributed by atoms with Gasteiger partial charge in [-0.1, -0.05) is 36.4 Å². The number of rotatable bonds is 4. The maximum absolute atomic E-state index is 9.65. The molecule has 0 aliphatic carbocycles. The molecule has 1 fully saturated rings. The summed E-state index contributed by atoms with van der Waals surface area (Å²) in [6.07, 6.45) is 0.660. The van der Waals surface area contributed by atoms with Gasteiger partial charge in [0.25, 0.3) is 0 Å². The van der Waals surface area contributed by atoms with Crippen molar-refractivity contribution in [2.24, 2.45) is 0 Å². The second-order valence-corrected chi connectivity index (χ2v) is 5.53. The van der Waals surface area contributed by atoms with Crippen molar-refractivity contribution in [2.45, 2.75) is 25.5 Å². The van der Waals surface area contributed by atoms with Crippen LogP contribution in [0.4, 0.5) is 5.69 Å². The first-order chi connectivity index (χ1) is 9.78. The quantitative estimate of drug-likeness (QED) is 0.895. The molecule has 2 atom stereocenters. The first kappa shape index (κ1) is 13.4. The Bertz CT molecular complexity index is 579. The molecule has 3 nitrogen and oxygen atoms in total. The van der Waals surface area contributed by atoms with E-state index in [-0.39, 0.29) is 6.10 Å². The minimum atomic E-state index is -0.189. The summed E-state index contributed by atoms with van der Waals surface area (Å²) in [7, 11) is 0. The van der Waals surface area contributed by atoms with E-state index in [0.717, 1.165) is 26.1 Å². The molecule has 1 saturated heterocycles. The molecular formula is C17H22N2O. The SMILES string of the molecule is CCN(CC1CC(O)CN1)c1cccc2ccccc12. The largest absolute Gasteiger partial charge is 0.392 e. The topological polar surface area (TPSA) is 35.5 Å². The molecule has 0 radical (unpaired) electrons. The lowest BCUT2D eigenvalue weighted by Crippen LogP contribution is -2.37. The van der Waals surface area contributed by atoms with Crippen LogP contribution in [0.25, 0.3) is 10.8 Å². The zero-order valence-corrected chi connectivity index (χ0v) is 11.9. The van der Waals surface area contributed by atoms with Crippen molar-refractivity contribution >= 4 is 16.5 Å². The van der Waals surface area contributed by atoms with Crippen molar-refractivity contribution in [3.8, 4) is 0 Å². The van der Waals surface area contributed by atoms with Crippen LogP contribution in [0.3, 0.4) is 0 Å². The van der Waals surface area contributed by atoms with Crippen molar-refractivity contribution in [1.29, 1.82) is 0 Å². The van der Waals surface area contributed by atoms with Crippen LogP contribution in [0.5, 0.6) is 0 Å². The summed E-state index contributed by atoms with van der Waals surface area (Å²) < 4.78 is 0. The third kappa shape index (κ3) is 2.65. The highest BCUT2D eigenvalue weighted by Crippen LogP contribution is 2.27. The summed E-state index contributed by atoms with van der Waals surface area (Å²) in [5.74, 6) is 0. The molecule has 0 aromatic heterocycles. The van der Waals surface area contributed by atoms with E-state index in [4.69, 9.17) is 0 Å². The number of aliphatic hydroxyl groups is 1. The van der Waals surface area contributed by atoms with Crippen molar-refractivity contribution < 1.29 is 5.11 Å². The Kier molecular flexibility index (Phi) is 3.90. The molecule has 1 heterocycles. The molecule has 2 aromatic carbocycles. The molecule has 2 aromatic rings. The van der Waals surface area contributed by atoms with Gasteiger partial charge in [0.15, 0.2) is 0 Å². The minimum Gasteiger partial charge on any atom is -0.392 e. The number of nitrogens with one attached hydrogen (secondary N) is 1. The molecule has 106 valence electrons. The van der Waals surface area contributed by atoms with E-state index in [1.807, 2.05) is 0 Å². The molecule has 0 amide bonds. The molecular weight excluding hydrogens is 248 g/mol. The third-order valence-corrected chi connectivity index (χ3v) is 4.13. The summed E-state index contributed by atoms with van der Waals surface area (Å²) in [5, 5.41) is 15.6. The third-order valence-electron chi connectivity index (χ3n) is 4.13. The molecule has 20 heavy (non-hydrogen) atoms. The van der Waals surface area contributed by atoms with Gasteiger partial charge in [-0.05, 0) is 24.8 Å². The molecule has 2 N–H and O–H groups in total. The van der Waals surface area contributed by atoms with Crippen LogP contribution in [-0.2, 0) is 0 Å². The summed E-state index contributed by atoms with van der Waals surface area (Å²) in [4.78, 5) is 2.40. The maximum atomic E-state index is 9.65. The number of fused-ring (bicyclic) bond motifs is 1. The van der Waals surface area contributed by atoms with Crippen LogP contribution in [0, 0.1) is 0 Å². The van der Waals surface area contributed by atoms with E-state index in [2.05, 4.69) is 59.6 Å². The van der Waals surface area contributed by atoms with Gasteiger partial charge in [0, 0.05) is 36.7 Å². The second kappa shape index (κ2) is 5.81. The Morgan fingerprint density at radius 3 is 2.75 bits per heavy atom. The number of benzene rings is 2. The second-order valence-electron chi connectivity index (χ2n) is 5.53. The Labute approximate surface area is 120 Å². The summed E-state index contributed by atoms with van der Waals surface area (Å²) in [6, 6.07) is 15.4. The van der Waals surface area contributed by atoms with Gasteiger partial charge in [-0.15, -0.1) is 0 Å². The summed E-state index contributed by atoms with van der Waals surface area (Å²) in [5.41, 5.74) is 1.29. The average Bonchev–Trinajstić information content (AvgIpc) is 2.89. The number of aliphatic hydroxyl groups excluding tert-OH is 1. The minimum absolute atomic E-state index is 0.189. The van der Waals surface area contributed by atoms with Gasteiger partial charge in [0.05, 0.1) is 6.10 Å². The van der Waals surface area contributed by atoms with Gasteiger partial charge in [-0.3, -0.25) is 0 Å².